The molecule has 0 bridgehead atoms. The molecule has 0 heterocycles. The lowest BCUT2D eigenvalue weighted by molar-refractivity contribution is -0.118. The third kappa shape index (κ3) is 7.48. The van der Waals surface area contributed by atoms with Crippen molar-refractivity contribution in [3.05, 3.63) is 54.1 Å². The summed E-state index contributed by atoms with van der Waals surface area (Å²) in [6.45, 7) is 2.19. The number of methoxy groups -OCH3 is 2. The van der Waals surface area contributed by atoms with E-state index < -0.39 is 6.09 Å². The molecule has 0 spiro atoms. The minimum Gasteiger partial charge on any atom is -0.493 e. The van der Waals surface area contributed by atoms with Crippen molar-refractivity contribution in [2.24, 2.45) is 0 Å². The molecule has 0 aliphatic carbocycles. The van der Waals surface area contributed by atoms with E-state index in [1.54, 1.807) is 37.4 Å². The summed E-state index contributed by atoms with van der Waals surface area (Å²) in [4.78, 5) is 23.9. The summed E-state index contributed by atoms with van der Waals surface area (Å²) in [6, 6.07) is 12.1. The fourth-order valence-electron chi connectivity index (χ4n) is 2.49. The first-order chi connectivity index (χ1) is 14.5. The first kappa shape index (κ1) is 22.8. The van der Waals surface area contributed by atoms with E-state index in [0.29, 0.717) is 29.5 Å². The van der Waals surface area contributed by atoms with E-state index >= 15 is 0 Å². The highest BCUT2D eigenvalue weighted by Crippen LogP contribution is 2.28. The summed E-state index contributed by atoms with van der Waals surface area (Å²) in [5.41, 5.74) is 1.96. The first-order valence-corrected chi connectivity index (χ1v) is 9.32. The van der Waals surface area contributed by atoms with Gasteiger partial charge in [-0.05, 0) is 42.8 Å². The topological polar surface area (TPSA) is 95.1 Å². The summed E-state index contributed by atoms with van der Waals surface area (Å²) in [5, 5.41) is 5.30. The number of hydrogen-bond donors (Lipinski definition) is 2. The van der Waals surface area contributed by atoms with Crippen LogP contribution < -0.4 is 20.1 Å². The number of carbonyl (C=O) groups is 2. The van der Waals surface area contributed by atoms with Crippen LogP contribution in [0.5, 0.6) is 11.5 Å². The van der Waals surface area contributed by atoms with Crippen molar-refractivity contribution in [2.75, 3.05) is 44.7 Å². The monoisotopic (exact) mass is 414 g/mol. The highest BCUT2D eigenvalue weighted by atomic mass is 16.6. The third-order valence-electron chi connectivity index (χ3n) is 3.82. The van der Waals surface area contributed by atoms with Crippen LogP contribution in [0, 0.1) is 0 Å². The molecule has 30 heavy (non-hydrogen) atoms. The molecular formula is C22H26N2O6. The molecular weight excluding hydrogens is 388 g/mol. The predicted octanol–water partition coefficient (Wildman–Crippen LogP) is 3.94. The van der Waals surface area contributed by atoms with Crippen LogP contribution in [0.1, 0.15) is 12.5 Å². The zero-order valence-electron chi connectivity index (χ0n) is 17.3. The Morgan fingerprint density at radius 2 is 1.73 bits per heavy atom. The Morgan fingerprint density at radius 3 is 2.43 bits per heavy atom. The lowest BCUT2D eigenvalue weighted by atomic mass is 10.2. The van der Waals surface area contributed by atoms with Crippen LogP contribution in [0.25, 0.3) is 6.08 Å². The number of anilines is 2. The van der Waals surface area contributed by atoms with Gasteiger partial charge >= 0.3 is 6.09 Å². The molecule has 0 aromatic heterocycles. The zero-order valence-corrected chi connectivity index (χ0v) is 17.3. The van der Waals surface area contributed by atoms with Gasteiger partial charge in [0.25, 0.3) is 5.91 Å². The fourth-order valence-corrected chi connectivity index (χ4v) is 2.49. The van der Waals surface area contributed by atoms with E-state index in [1.165, 1.54) is 7.11 Å². The number of hydrogen-bond acceptors (Lipinski definition) is 6. The number of allylic oxidation sites excluding steroid dienone is 1. The van der Waals surface area contributed by atoms with Crippen LogP contribution >= 0.6 is 0 Å². The quantitative estimate of drug-likeness (QED) is 0.572. The van der Waals surface area contributed by atoms with Crippen molar-refractivity contribution in [1.82, 2.24) is 0 Å². The third-order valence-corrected chi connectivity index (χ3v) is 3.82. The van der Waals surface area contributed by atoms with Gasteiger partial charge in [0.15, 0.2) is 18.1 Å². The maximum atomic E-state index is 12.2. The van der Waals surface area contributed by atoms with E-state index in [9.17, 15) is 9.59 Å². The van der Waals surface area contributed by atoms with E-state index in [1.807, 2.05) is 31.2 Å². The molecule has 0 saturated heterocycles. The molecule has 0 aliphatic rings. The molecule has 8 heteroatoms. The molecule has 2 N–H and O–H groups in total. The van der Waals surface area contributed by atoms with Gasteiger partial charge in [0.05, 0.1) is 13.7 Å². The van der Waals surface area contributed by atoms with Crippen molar-refractivity contribution in [3.8, 4) is 11.5 Å². The maximum absolute atomic E-state index is 12.2. The van der Waals surface area contributed by atoms with Gasteiger partial charge in [-0.3, -0.25) is 10.1 Å². The predicted molar refractivity (Wildman–Crippen MR) is 115 cm³/mol. The Bertz CT molecular complexity index is 882. The molecule has 2 aromatic carbocycles. The standard InChI is InChI=1S/C22H26N2O6/c1-4-6-16-9-10-19(20(13-16)28-3)30-15-21(25)23-17-7-5-8-18(14-17)24-22(26)29-12-11-27-2/h4-10,13-14H,11-12,15H2,1-3H3,(H,23,25)(H,24,26)/b6-4+. The van der Waals surface area contributed by atoms with Gasteiger partial charge < -0.3 is 24.3 Å². The van der Waals surface area contributed by atoms with Gasteiger partial charge in [-0.1, -0.05) is 24.3 Å². The maximum Gasteiger partial charge on any atom is 0.411 e. The van der Waals surface area contributed by atoms with E-state index in [4.69, 9.17) is 18.9 Å². The first-order valence-electron chi connectivity index (χ1n) is 9.32. The second kappa shape index (κ2) is 12.1. The van der Waals surface area contributed by atoms with Gasteiger partial charge in [0, 0.05) is 18.5 Å². The summed E-state index contributed by atoms with van der Waals surface area (Å²) in [7, 11) is 3.06. The number of rotatable bonds is 10. The summed E-state index contributed by atoms with van der Waals surface area (Å²) < 4.78 is 20.7. The highest BCUT2D eigenvalue weighted by molar-refractivity contribution is 5.93. The molecule has 0 atom stereocenters. The Morgan fingerprint density at radius 1 is 0.967 bits per heavy atom. The van der Waals surface area contributed by atoms with Crippen LogP contribution in [-0.4, -0.2) is 46.0 Å². The summed E-state index contributed by atoms with van der Waals surface area (Å²) in [6.07, 6.45) is 3.26. The lowest BCUT2D eigenvalue weighted by Gasteiger charge is -2.12. The van der Waals surface area contributed by atoms with Crippen LogP contribution in [0.2, 0.25) is 0 Å². The minimum absolute atomic E-state index is 0.148. The Balaban J connectivity index is 1.90. The number of ether oxygens (including phenoxy) is 4. The molecule has 0 aliphatic heterocycles. The van der Waals surface area contributed by atoms with Crippen LogP contribution in [-0.2, 0) is 14.3 Å². The molecule has 0 saturated carbocycles. The molecule has 0 radical (unpaired) electrons. The minimum atomic E-state index is -0.604. The average Bonchev–Trinajstić information content (AvgIpc) is 2.73. The van der Waals surface area contributed by atoms with Crippen molar-refractivity contribution in [3.63, 3.8) is 0 Å². The van der Waals surface area contributed by atoms with Gasteiger partial charge in [-0.15, -0.1) is 0 Å². The van der Waals surface area contributed by atoms with Crippen LogP contribution in [0.3, 0.4) is 0 Å². The molecule has 2 aromatic rings. The highest BCUT2D eigenvalue weighted by Gasteiger charge is 2.10. The van der Waals surface area contributed by atoms with Gasteiger partial charge in [0.1, 0.15) is 6.61 Å². The molecule has 2 amide bonds. The second-order valence-electron chi connectivity index (χ2n) is 6.08. The van der Waals surface area contributed by atoms with Crippen LogP contribution in [0.15, 0.2) is 48.5 Å². The molecule has 0 fully saturated rings. The Hall–Kier alpha value is -3.52. The Labute approximate surface area is 175 Å². The Kier molecular flexibility index (Phi) is 9.20. The second-order valence-corrected chi connectivity index (χ2v) is 6.08. The molecule has 2 rings (SSSR count). The summed E-state index contributed by atoms with van der Waals surface area (Å²) >= 11 is 0. The van der Waals surface area contributed by atoms with Crippen molar-refractivity contribution >= 4 is 29.5 Å². The molecule has 8 nitrogen and oxygen atoms in total. The molecule has 0 unspecified atom stereocenters. The van der Waals surface area contributed by atoms with Crippen LogP contribution in [0.4, 0.5) is 16.2 Å². The van der Waals surface area contributed by atoms with E-state index in [0.717, 1.165) is 5.56 Å². The zero-order chi connectivity index (χ0) is 21.8. The van der Waals surface area contributed by atoms with Crippen molar-refractivity contribution < 1.29 is 28.5 Å². The van der Waals surface area contributed by atoms with Crippen molar-refractivity contribution in [1.29, 1.82) is 0 Å². The number of carbonyl (C=O) groups excluding carboxylic acids is 2. The number of nitrogens with one attached hydrogen (secondary N) is 2. The van der Waals surface area contributed by atoms with Gasteiger partial charge in [-0.25, -0.2) is 4.79 Å². The van der Waals surface area contributed by atoms with Gasteiger partial charge in [-0.2, -0.15) is 0 Å². The number of benzene rings is 2. The van der Waals surface area contributed by atoms with Crippen molar-refractivity contribution in [2.45, 2.75) is 6.92 Å². The fraction of sp³-hybridized carbons (Fsp3) is 0.273. The SMILES string of the molecule is C/C=C/c1ccc(OCC(=O)Nc2cccc(NC(=O)OCCOC)c2)c(OC)c1. The smallest absolute Gasteiger partial charge is 0.411 e. The van der Waals surface area contributed by atoms with E-state index in [2.05, 4.69) is 10.6 Å². The van der Waals surface area contributed by atoms with Gasteiger partial charge in [0.2, 0.25) is 0 Å². The average molecular weight is 414 g/mol. The van der Waals surface area contributed by atoms with E-state index in [-0.39, 0.29) is 19.1 Å². The normalized spacial score (nSPS) is 10.5. The lowest BCUT2D eigenvalue weighted by Crippen LogP contribution is -2.20. The molecule has 160 valence electrons. The number of amides is 2. The largest absolute Gasteiger partial charge is 0.493 e. The summed E-state index contributed by atoms with van der Waals surface area (Å²) in [5.74, 6) is 0.654.